The second-order valence-corrected chi connectivity index (χ2v) is 6.43. The van der Waals surface area contributed by atoms with E-state index in [1.54, 1.807) is 12.1 Å². The Kier molecular flexibility index (Phi) is 3.22. The summed E-state index contributed by atoms with van der Waals surface area (Å²) in [6, 6.07) is 26.5. The molecule has 0 radical (unpaired) electrons. The van der Waals surface area contributed by atoms with Crippen LogP contribution in [0.1, 0.15) is 0 Å². The molecule has 0 bridgehead atoms. The Balaban J connectivity index is 1.97. The highest BCUT2D eigenvalue weighted by atomic mass is 15.0. The van der Waals surface area contributed by atoms with Gasteiger partial charge in [-0.1, -0.05) is 60.7 Å². The van der Waals surface area contributed by atoms with Crippen LogP contribution in [0.15, 0.2) is 78.9 Å². The molecule has 0 aliphatic carbocycles. The molecule has 0 saturated heterocycles. The summed E-state index contributed by atoms with van der Waals surface area (Å²) in [5.74, 6) is 0. The normalized spacial score (nSPS) is 10.9. The van der Waals surface area contributed by atoms with Crippen LogP contribution >= 0.6 is 0 Å². The van der Waals surface area contributed by atoms with Crippen LogP contribution in [0.2, 0.25) is 0 Å². The van der Waals surface area contributed by atoms with E-state index in [0.717, 1.165) is 16.7 Å². The summed E-state index contributed by atoms with van der Waals surface area (Å²) in [4.78, 5) is 7.00. The zero-order chi connectivity index (χ0) is 18.4. The van der Waals surface area contributed by atoms with E-state index in [9.17, 15) is 0 Å². The van der Waals surface area contributed by atoms with Gasteiger partial charge in [-0.2, -0.15) is 0 Å². The van der Waals surface area contributed by atoms with Crippen LogP contribution in [0.3, 0.4) is 0 Å². The summed E-state index contributed by atoms with van der Waals surface area (Å²) < 4.78 is 2.18. The van der Waals surface area contributed by atoms with Crippen molar-refractivity contribution in [2.24, 2.45) is 0 Å². The van der Waals surface area contributed by atoms with Crippen molar-refractivity contribution in [3.63, 3.8) is 0 Å². The highest BCUT2D eigenvalue weighted by Gasteiger charge is 2.15. The number of benzene rings is 4. The smallest absolute Gasteiger partial charge is 0.196 e. The Morgan fingerprint density at radius 2 is 1.37 bits per heavy atom. The summed E-state index contributed by atoms with van der Waals surface area (Å²) in [7, 11) is 0. The van der Waals surface area contributed by atoms with Gasteiger partial charge in [-0.15, -0.1) is 0 Å². The highest BCUT2D eigenvalue weighted by Crippen LogP contribution is 2.38. The summed E-state index contributed by atoms with van der Waals surface area (Å²) >= 11 is 0. The molecular formula is C24H13N3. The molecule has 3 heteroatoms. The molecule has 0 aliphatic rings. The van der Waals surface area contributed by atoms with Gasteiger partial charge in [0.2, 0.25) is 0 Å². The fourth-order valence-electron chi connectivity index (χ4n) is 3.85. The lowest BCUT2D eigenvalue weighted by molar-refractivity contribution is 1.18. The maximum absolute atomic E-state index is 7.42. The van der Waals surface area contributed by atoms with E-state index in [1.165, 1.54) is 21.5 Å². The van der Waals surface area contributed by atoms with E-state index in [1.807, 2.05) is 12.1 Å². The molecule has 3 nitrogen and oxygen atoms in total. The van der Waals surface area contributed by atoms with Gasteiger partial charge in [0.05, 0.1) is 24.2 Å². The average Bonchev–Trinajstić information content (AvgIpc) is 3.08. The van der Waals surface area contributed by atoms with Crippen molar-refractivity contribution < 1.29 is 0 Å². The maximum Gasteiger partial charge on any atom is 0.196 e. The van der Waals surface area contributed by atoms with Gasteiger partial charge in [-0.3, -0.25) is 9.69 Å². The predicted molar refractivity (Wildman–Crippen MR) is 111 cm³/mol. The number of rotatable bonds is 1. The Hall–Kier alpha value is -4.08. The average molecular weight is 343 g/mol. The number of fused-ring (bicyclic) bond motifs is 5. The van der Waals surface area contributed by atoms with Gasteiger partial charge in [0.25, 0.3) is 0 Å². The van der Waals surface area contributed by atoms with E-state index < -0.39 is 0 Å². The molecule has 0 saturated carbocycles. The third-order valence-corrected chi connectivity index (χ3v) is 5.02. The van der Waals surface area contributed by atoms with Gasteiger partial charge in [0.15, 0.2) is 11.4 Å². The third-order valence-electron chi connectivity index (χ3n) is 5.02. The molecule has 1 aromatic heterocycles. The van der Waals surface area contributed by atoms with Crippen molar-refractivity contribution in [2.75, 3.05) is 0 Å². The zero-order valence-electron chi connectivity index (χ0n) is 14.3. The van der Waals surface area contributed by atoms with Crippen molar-refractivity contribution in [3.8, 4) is 5.69 Å². The van der Waals surface area contributed by atoms with Crippen molar-refractivity contribution >= 4 is 44.0 Å². The summed E-state index contributed by atoms with van der Waals surface area (Å²) in [5.41, 5.74) is 3.86. The minimum absolute atomic E-state index is 0.384. The molecule has 4 aromatic carbocycles. The Morgan fingerprint density at radius 1 is 0.630 bits per heavy atom. The van der Waals surface area contributed by atoms with Crippen LogP contribution in [0.25, 0.3) is 48.0 Å². The van der Waals surface area contributed by atoms with Crippen molar-refractivity contribution in [1.29, 1.82) is 0 Å². The first kappa shape index (κ1) is 15.2. The molecule has 1 heterocycles. The molecule has 0 spiro atoms. The van der Waals surface area contributed by atoms with Crippen molar-refractivity contribution in [1.82, 2.24) is 4.57 Å². The van der Waals surface area contributed by atoms with E-state index in [2.05, 4.69) is 68.9 Å². The van der Waals surface area contributed by atoms with Crippen LogP contribution in [0.5, 0.6) is 0 Å². The number of para-hydroxylation sites is 1. The fourth-order valence-corrected chi connectivity index (χ4v) is 3.85. The lowest BCUT2D eigenvalue weighted by atomic mass is 10.0. The topological polar surface area (TPSA) is 13.6 Å². The minimum atomic E-state index is 0.384. The molecule has 0 N–H and O–H groups in total. The molecule has 27 heavy (non-hydrogen) atoms. The third kappa shape index (κ3) is 2.13. The van der Waals surface area contributed by atoms with Gasteiger partial charge < -0.3 is 4.57 Å². The fraction of sp³-hybridized carbons (Fsp3) is 0. The molecule has 5 aromatic rings. The standard InChI is InChI=1S/C24H13N3/c1-25-20-13-12-17(15-21(20)26-2)27-22-10-6-5-9-19(22)24-18-8-4-3-7-16(18)11-14-23(24)27/h3-15H. The molecule has 0 unspecified atom stereocenters. The molecular weight excluding hydrogens is 330 g/mol. The summed E-state index contributed by atoms with van der Waals surface area (Å²) in [6.07, 6.45) is 0. The molecule has 124 valence electrons. The Bertz CT molecular complexity index is 1440. The van der Waals surface area contributed by atoms with Gasteiger partial charge >= 0.3 is 0 Å². The first-order valence-corrected chi connectivity index (χ1v) is 8.62. The molecule has 0 fully saturated rings. The van der Waals surface area contributed by atoms with Gasteiger partial charge in [-0.05, 0) is 29.0 Å². The van der Waals surface area contributed by atoms with Gasteiger partial charge in [0.1, 0.15) is 0 Å². The van der Waals surface area contributed by atoms with Gasteiger partial charge in [0, 0.05) is 16.5 Å². The van der Waals surface area contributed by atoms with Crippen LogP contribution in [-0.2, 0) is 0 Å². The quantitative estimate of drug-likeness (QED) is 0.290. The largest absolute Gasteiger partial charge is 0.311 e. The first-order chi connectivity index (χ1) is 13.3. The van der Waals surface area contributed by atoms with E-state index in [-0.39, 0.29) is 0 Å². The Morgan fingerprint density at radius 3 is 2.19 bits per heavy atom. The lowest BCUT2D eigenvalue weighted by Gasteiger charge is -2.09. The van der Waals surface area contributed by atoms with Crippen LogP contribution in [0, 0.1) is 13.1 Å². The number of aromatic nitrogens is 1. The molecule has 0 atom stereocenters. The van der Waals surface area contributed by atoms with Crippen LogP contribution in [0.4, 0.5) is 11.4 Å². The second kappa shape index (κ2) is 5.73. The van der Waals surface area contributed by atoms with E-state index in [0.29, 0.717) is 11.4 Å². The molecule has 0 aliphatic heterocycles. The second-order valence-electron chi connectivity index (χ2n) is 6.43. The highest BCUT2D eigenvalue weighted by molar-refractivity contribution is 6.21. The van der Waals surface area contributed by atoms with Crippen molar-refractivity contribution in [3.05, 3.63) is 102 Å². The Labute approximate surface area is 156 Å². The minimum Gasteiger partial charge on any atom is -0.311 e. The van der Waals surface area contributed by atoms with Crippen LogP contribution < -0.4 is 0 Å². The molecule has 0 amide bonds. The lowest BCUT2D eigenvalue weighted by Crippen LogP contribution is -1.93. The SMILES string of the molecule is [C-]#[N+]c1ccc(-n2c3ccccc3c3c4ccccc4ccc32)cc1[N+]#[C-]. The summed E-state index contributed by atoms with van der Waals surface area (Å²) in [5, 5.41) is 4.82. The number of hydrogen-bond donors (Lipinski definition) is 0. The van der Waals surface area contributed by atoms with Crippen molar-refractivity contribution in [2.45, 2.75) is 0 Å². The predicted octanol–water partition coefficient (Wildman–Crippen LogP) is 7.04. The first-order valence-electron chi connectivity index (χ1n) is 8.62. The zero-order valence-corrected chi connectivity index (χ0v) is 14.3. The molecule has 5 rings (SSSR count). The number of hydrogen-bond acceptors (Lipinski definition) is 0. The van der Waals surface area contributed by atoms with E-state index >= 15 is 0 Å². The van der Waals surface area contributed by atoms with Crippen LogP contribution in [-0.4, -0.2) is 4.57 Å². The summed E-state index contributed by atoms with van der Waals surface area (Å²) in [6.45, 7) is 14.7. The maximum atomic E-state index is 7.42. The number of nitrogens with zero attached hydrogens (tertiary/aromatic N) is 3. The van der Waals surface area contributed by atoms with Gasteiger partial charge in [-0.25, -0.2) is 0 Å². The monoisotopic (exact) mass is 343 g/mol. The van der Waals surface area contributed by atoms with E-state index in [4.69, 9.17) is 13.1 Å².